The quantitative estimate of drug-likeness (QED) is 0.749. The molecule has 0 saturated heterocycles. The molecule has 0 fully saturated rings. The first-order valence-corrected chi connectivity index (χ1v) is 8.14. The number of carbonyl (C=O) groups excluding carboxylic acids is 1. The lowest BCUT2D eigenvalue weighted by Gasteiger charge is -2.28. The van der Waals surface area contributed by atoms with E-state index < -0.39 is 12.1 Å². The van der Waals surface area contributed by atoms with Crippen LogP contribution in [0, 0.1) is 5.95 Å². The van der Waals surface area contributed by atoms with Gasteiger partial charge in [0.25, 0.3) is 0 Å². The lowest BCUT2D eigenvalue weighted by Crippen LogP contribution is -2.39. The summed E-state index contributed by atoms with van der Waals surface area (Å²) in [6, 6.07) is 12.6. The summed E-state index contributed by atoms with van der Waals surface area (Å²) in [5, 5.41) is 2.93. The molecule has 0 aliphatic heterocycles. The number of ether oxygens (including phenoxy) is 1. The average molecular weight is 330 g/mol. The Bertz CT molecular complexity index is 649. The zero-order chi connectivity index (χ0) is 17.4. The highest BCUT2D eigenvalue weighted by atomic mass is 19.1. The van der Waals surface area contributed by atoms with E-state index >= 15 is 0 Å². The fourth-order valence-electron chi connectivity index (χ4n) is 2.67. The number of halogens is 1. The number of hydrogen-bond donors (Lipinski definition) is 1. The molecule has 0 aliphatic carbocycles. The molecule has 1 unspecified atom stereocenters. The van der Waals surface area contributed by atoms with E-state index in [-0.39, 0.29) is 11.9 Å². The predicted octanol–water partition coefficient (Wildman–Crippen LogP) is 3.78. The van der Waals surface area contributed by atoms with Crippen molar-refractivity contribution in [2.24, 2.45) is 0 Å². The van der Waals surface area contributed by atoms with Crippen molar-refractivity contribution in [3.05, 3.63) is 65.7 Å². The molecule has 24 heavy (non-hydrogen) atoms. The Kier molecular flexibility index (Phi) is 6.88. The Balaban J connectivity index is 2.23. The predicted molar refractivity (Wildman–Crippen MR) is 90.7 cm³/mol. The normalized spacial score (nSPS) is 13.3. The van der Waals surface area contributed by atoms with Crippen molar-refractivity contribution in [2.75, 3.05) is 0 Å². The maximum atomic E-state index is 13.5. The van der Waals surface area contributed by atoms with E-state index in [1.807, 2.05) is 37.3 Å². The van der Waals surface area contributed by atoms with E-state index in [1.165, 1.54) is 19.2 Å². The Morgan fingerprint density at radius 1 is 1.29 bits per heavy atom. The van der Waals surface area contributed by atoms with Gasteiger partial charge in [-0.15, -0.1) is 0 Å². The molecule has 1 heterocycles. The van der Waals surface area contributed by atoms with Crippen molar-refractivity contribution in [1.82, 2.24) is 10.3 Å². The zero-order valence-corrected chi connectivity index (χ0v) is 14.0. The molecule has 0 spiro atoms. The van der Waals surface area contributed by atoms with Gasteiger partial charge in [0.1, 0.15) is 6.10 Å². The Morgan fingerprint density at radius 2 is 2.04 bits per heavy atom. The van der Waals surface area contributed by atoms with Crippen LogP contribution >= 0.6 is 0 Å². The minimum Gasteiger partial charge on any atom is -0.367 e. The van der Waals surface area contributed by atoms with Gasteiger partial charge in [0, 0.05) is 13.1 Å². The maximum absolute atomic E-state index is 13.5. The molecule has 128 valence electrons. The number of rotatable bonds is 8. The molecule has 2 aromatic rings. The van der Waals surface area contributed by atoms with Crippen LogP contribution in [0.15, 0.2) is 48.7 Å². The molecule has 1 aromatic carbocycles. The van der Waals surface area contributed by atoms with Crippen LogP contribution in [-0.4, -0.2) is 16.9 Å². The minimum atomic E-state index is -0.557. The first-order chi connectivity index (χ1) is 11.6. The van der Waals surface area contributed by atoms with E-state index in [0.717, 1.165) is 18.4 Å². The number of nitrogens with one attached hydrogen (secondary N) is 1. The van der Waals surface area contributed by atoms with Gasteiger partial charge >= 0.3 is 0 Å². The van der Waals surface area contributed by atoms with E-state index in [1.54, 1.807) is 6.07 Å². The van der Waals surface area contributed by atoms with E-state index in [2.05, 4.69) is 10.3 Å². The lowest BCUT2D eigenvalue weighted by atomic mass is 9.99. The lowest BCUT2D eigenvalue weighted by molar-refractivity contribution is -0.121. The van der Waals surface area contributed by atoms with Crippen LogP contribution < -0.4 is 5.32 Å². The molecule has 0 bridgehead atoms. The second-order valence-corrected chi connectivity index (χ2v) is 5.72. The van der Waals surface area contributed by atoms with Gasteiger partial charge < -0.3 is 10.1 Å². The fourth-order valence-corrected chi connectivity index (χ4v) is 2.67. The van der Waals surface area contributed by atoms with Crippen molar-refractivity contribution in [1.29, 1.82) is 0 Å². The number of pyridine rings is 1. The van der Waals surface area contributed by atoms with Gasteiger partial charge in [0.2, 0.25) is 11.9 Å². The number of amides is 1. The monoisotopic (exact) mass is 330 g/mol. The molecule has 2 atom stereocenters. The highest BCUT2D eigenvalue weighted by molar-refractivity contribution is 5.73. The molecule has 0 aliphatic rings. The molecular weight excluding hydrogens is 307 g/mol. The summed E-state index contributed by atoms with van der Waals surface area (Å²) >= 11 is 0. The zero-order valence-electron chi connectivity index (χ0n) is 14.0. The van der Waals surface area contributed by atoms with E-state index in [4.69, 9.17) is 4.74 Å². The second kappa shape index (κ2) is 9.13. The molecule has 1 aromatic heterocycles. The van der Waals surface area contributed by atoms with Gasteiger partial charge in [-0.1, -0.05) is 43.7 Å². The van der Waals surface area contributed by atoms with Gasteiger partial charge in [-0.05, 0) is 29.7 Å². The Hall–Kier alpha value is -2.27. The summed E-state index contributed by atoms with van der Waals surface area (Å²) in [6.45, 7) is 3.90. The van der Waals surface area contributed by atoms with Crippen LogP contribution in [0.5, 0.6) is 0 Å². The molecule has 0 saturated carbocycles. The van der Waals surface area contributed by atoms with Crippen LogP contribution in [-0.2, 0) is 16.1 Å². The SMILES string of the molecule is CCC[C@H](NC(C)=O)C(OCc1ccccc1)c1ccnc(F)c1. The van der Waals surface area contributed by atoms with Gasteiger partial charge in [0.15, 0.2) is 0 Å². The summed E-state index contributed by atoms with van der Waals surface area (Å²) in [7, 11) is 0. The van der Waals surface area contributed by atoms with Crippen LogP contribution in [0.2, 0.25) is 0 Å². The number of hydrogen-bond acceptors (Lipinski definition) is 3. The van der Waals surface area contributed by atoms with Crippen LogP contribution in [0.4, 0.5) is 4.39 Å². The third kappa shape index (κ3) is 5.42. The summed E-state index contributed by atoms with van der Waals surface area (Å²) in [6.07, 6.45) is 2.60. The Morgan fingerprint density at radius 3 is 2.67 bits per heavy atom. The Labute approximate surface area is 142 Å². The maximum Gasteiger partial charge on any atom is 0.217 e. The molecular formula is C19H23FN2O2. The van der Waals surface area contributed by atoms with Crippen molar-refractivity contribution in [3.8, 4) is 0 Å². The van der Waals surface area contributed by atoms with Gasteiger partial charge in [-0.3, -0.25) is 4.79 Å². The van der Waals surface area contributed by atoms with Crippen LogP contribution in [0.1, 0.15) is 43.9 Å². The summed E-state index contributed by atoms with van der Waals surface area (Å²) in [5.74, 6) is -0.685. The first kappa shape index (κ1) is 18.1. The molecule has 1 amide bonds. The van der Waals surface area contributed by atoms with Crippen molar-refractivity contribution in [2.45, 2.75) is 45.4 Å². The van der Waals surface area contributed by atoms with Crippen LogP contribution in [0.3, 0.4) is 0 Å². The van der Waals surface area contributed by atoms with Crippen molar-refractivity contribution >= 4 is 5.91 Å². The summed E-state index contributed by atoms with van der Waals surface area (Å²) in [4.78, 5) is 15.2. The second-order valence-electron chi connectivity index (χ2n) is 5.72. The number of carbonyl (C=O) groups is 1. The highest BCUT2D eigenvalue weighted by Crippen LogP contribution is 2.26. The minimum absolute atomic E-state index is 0.128. The number of benzene rings is 1. The molecule has 0 radical (unpaired) electrons. The van der Waals surface area contributed by atoms with Crippen LogP contribution in [0.25, 0.3) is 0 Å². The molecule has 4 nitrogen and oxygen atoms in total. The van der Waals surface area contributed by atoms with Crippen molar-refractivity contribution in [3.63, 3.8) is 0 Å². The largest absolute Gasteiger partial charge is 0.367 e. The third-order valence-electron chi connectivity index (χ3n) is 3.71. The van der Waals surface area contributed by atoms with E-state index in [9.17, 15) is 9.18 Å². The third-order valence-corrected chi connectivity index (χ3v) is 3.71. The van der Waals surface area contributed by atoms with Gasteiger partial charge in [-0.2, -0.15) is 4.39 Å². The molecule has 2 rings (SSSR count). The summed E-state index contributed by atoms with van der Waals surface area (Å²) in [5.41, 5.74) is 1.70. The molecule has 1 N–H and O–H groups in total. The van der Waals surface area contributed by atoms with E-state index in [0.29, 0.717) is 12.2 Å². The average Bonchev–Trinajstić information content (AvgIpc) is 2.56. The standard InChI is InChI=1S/C19H23FN2O2/c1-3-7-17(22-14(2)23)19(16-10-11-21-18(20)12-16)24-13-15-8-5-4-6-9-15/h4-6,8-12,17,19H,3,7,13H2,1-2H3,(H,22,23)/t17-,19?/m0/s1. The number of nitrogens with zero attached hydrogens (tertiary/aromatic N) is 1. The first-order valence-electron chi connectivity index (χ1n) is 8.14. The fraction of sp³-hybridized carbons (Fsp3) is 0.368. The van der Waals surface area contributed by atoms with Gasteiger partial charge in [-0.25, -0.2) is 4.98 Å². The molecule has 5 heteroatoms. The smallest absolute Gasteiger partial charge is 0.217 e. The summed E-state index contributed by atoms with van der Waals surface area (Å²) < 4.78 is 19.6. The van der Waals surface area contributed by atoms with Gasteiger partial charge in [0.05, 0.1) is 12.6 Å². The number of aromatic nitrogens is 1. The highest BCUT2D eigenvalue weighted by Gasteiger charge is 2.25. The topological polar surface area (TPSA) is 51.2 Å². The van der Waals surface area contributed by atoms with Crippen molar-refractivity contribution < 1.29 is 13.9 Å².